The second-order valence-corrected chi connectivity index (χ2v) is 3.55. The Kier molecular flexibility index (Phi) is 9.29. The molecule has 0 radical (unpaired) electrons. The topological polar surface area (TPSA) is 58.9 Å². The van der Waals surface area contributed by atoms with E-state index in [1.54, 1.807) is 7.11 Å². The van der Waals surface area contributed by atoms with Crippen molar-refractivity contribution in [2.24, 2.45) is 0 Å². The first kappa shape index (κ1) is 13.8. The maximum Gasteiger partial charge on any atom is 0.0929 e. The Hall–Kier alpha value is -0.160. The smallest absolute Gasteiger partial charge is 0.0929 e. The molecule has 1 rings (SSSR count). The van der Waals surface area contributed by atoms with E-state index in [4.69, 9.17) is 15.1 Å². The van der Waals surface area contributed by atoms with Crippen LogP contribution in [0.1, 0.15) is 39.0 Å². The minimum atomic E-state index is -0.560. The maximum atomic E-state index is 8.11. The van der Waals surface area contributed by atoms with Crippen molar-refractivity contribution in [2.75, 3.05) is 13.7 Å². The van der Waals surface area contributed by atoms with Crippen molar-refractivity contribution in [2.45, 2.75) is 51.2 Å². The number of hydrogen-bond acceptors (Lipinski definition) is 4. The lowest BCUT2D eigenvalue weighted by Crippen LogP contribution is -2.15. The van der Waals surface area contributed by atoms with Gasteiger partial charge in [0.2, 0.25) is 0 Å². The second kappa shape index (κ2) is 9.40. The van der Waals surface area contributed by atoms with Crippen molar-refractivity contribution in [1.82, 2.24) is 0 Å². The van der Waals surface area contributed by atoms with Gasteiger partial charge in [-0.25, -0.2) is 9.78 Å². The molecule has 0 amide bonds. The first-order valence-electron chi connectivity index (χ1n) is 5.19. The normalized spacial score (nSPS) is 19.7. The standard InChI is InChI=1S/C7H14O2.C3H8O2/c1-8-9-7-5-3-2-4-6-7;1-3(5)2-4/h7H,2-6H2,1H3;3-5H,2H2,1H3. The highest BCUT2D eigenvalue weighted by Crippen LogP contribution is 2.19. The fourth-order valence-corrected chi connectivity index (χ4v) is 1.30. The molecule has 1 saturated carbocycles. The Morgan fingerprint density at radius 3 is 2.14 bits per heavy atom. The van der Waals surface area contributed by atoms with Crippen LogP contribution in [-0.2, 0) is 9.78 Å². The van der Waals surface area contributed by atoms with E-state index in [0.717, 1.165) is 0 Å². The third kappa shape index (κ3) is 8.44. The van der Waals surface area contributed by atoms with Gasteiger partial charge in [0.1, 0.15) is 0 Å². The van der Waals surface area contributed by atoms with Crippen LogP contribution in [0.4, 0.5) is 0 Å². The molecule has 0 aromatic carbocycles. The Morgan fingerprint density at radius 2 is 1.79 bits per heavy atom. The summed E-state index contributed by atoms with van der Waals surface area (Å²) in [5, 5.41) is 16.0. The average Bonchev–Trinajstić information content (AvgIpc) is 2.21. The third-order valence-electron chi connectivity index (χ3n) is 2.05. The van der Waals surface area contributed by atoms with Crippen LogP contribution in [0.2, 0.25) is 0 Å². The molecule has 2 N–H and O–H groups in total. The molecule has 4 heteroatoms. The van der Waals surface area contributed by atoms with Crippen LogP contribution in [0.5, 0.6) is 0 Å². The van der Waals surface area contributed by atoms with Crippen molar-refractivity contribution in [3.05, 3.63) is 0 Å². The summed E-state index contributed by atoms with van der Waals surface area (Å²) in [6, 6.07) is 0. The Labute approximate surface area is 85.8 Å². The lowest BCUT2D eigenvalue weighted by molar-refractivity contribution is -0.309. The maximum absolute atomic E-state index is 8.11. The zero-order valence-electron chi connectivity index (χ0n) is 9.11. The summed E-state index contributed by atoms with van der Waals surface area (Å²) in [5.41, 5.74) is 0. The highest BCUT2D eigenvalue weighted by molar-refractivity contribution is 4.63. The Bertz CT molecular complexity index is 108. The molecule has 0 heterocycles. The first-order valence-corrected chi connectivity index (χ1v) is 5.19. The van der Waals surface area contributed by atoms with Gasteiger partial charge in [-0.15, -0.1) is 0 Å². The summed E-state index contributed by atoms with van der Waals surface area (Å²) in [4.78, 5) is 9.56. The van der Waals surface area contributed by atoms with Crippen molar-refractivity contribution in [3.8, 4) is 0 Å². The molecule has 0 aliphatic heterocycles. The lowest BCUT2D eigenvalue weighted by atomic mass is 9.98. The van der Waals surface area contributed by atoms with E-state index in [1.165, 1.54) is 39.0 Å². The highest BCUT2D eigenvalue weighted by atomic mass is 17.2. The molecule has 1 aliphatic carbocycles. The summed E-state index contributed by atoms with van der Waals surface area (Å²) in [6.45, 7) is 1.39. The van der Waals surface area contributed by atoms with E-state index in [2.05, 4.69) is 4.89 Å². The first-order chi connectivity index (χ1) is 6.70. The molecule has 14 heavy (non-hydrogen) atoms. The summed E-state index contributed by atoms with van der Waals surface area (Å²) in [5.74, 6) is 0. The molecular formula is C10H22O4. The van der Waals surface area contributed by atoms with Gasteiger partial charge < -0.3 is 10.2 Å². The van der Waals surface area contributed by atoms with Gasteiger partial charge in [-0.05, 0) is 19.8 Å². The Balaban J connectivity index is 0.000000292. The largest absolute Gasteiger partial charge is 0.394 e. The van der Waals surface area contributed by atoms with Crippen molar-refractivity contribution < 1.29 is 20.0 Å². The average molecular weight is 206 g/mol. The van der Waals surface area contributed by atoms with Crippen molar-refractivity contribution in [3.63, 3.8) is 0 Å². The van der Waals surface area contributed by atoms with E-state index in [1.807, 2.05) is 0 Å². The molecule has 0 aromatic heterocycles. The molecule has 86 valence electrons. The van der Waals surface area contributed by atoms with Gasteiger partial charge in [0.15, 0.2) is 0 Å². The number of hydrogen-bond donors (Lipinski definition) is 2. The van der Waals surface area contributed by atoms with Gasteiger partial charge in [0.25, 0.3) is 0 Å². The van der Waals surface area contributed by atoms with Crippen LogP contribution in [0.15, 0.2) is 0 Å². The molecular weight excluding hydrogens is 184 g/mol. The highest BCUT2D eigenvalue weighted by Gasteiger charge is 2.13. The molecule has 0 bridgehead atoms. The van der Waals surface area contributed by atoms with Gasteiger partial charge >= 0.3 is 0 Å². The predicted molar refractivity (Wildman–Crippen MR) is 53.7 cm³/mol. The van der Waals surface area contributed by atoms with E-state index in [-0.39, 0.29) is 6.61 Å². The van der Waals surface area contributed by atoms with Crippen LogP contribution in [0, 0.1) is 0 Å². The number of rotatable bonds is 3. The van der Waals surface area contributed by atoms with E-state index < -0.39 is 6.10 Å². The SMILES string of the molecule is CC(O)CO.COOC1CCCCC1. The zero-order chi connectivity index (χ0) is 10.8. The quantitative estimate of drug-likeness (QED) is 0.539. The van der Waals surface area contributed by atoms with Crippen LogP contribution >= 0.6 is 0 Å². The summed E-state index contributed by atoms with van der Waals surface area (Å²) in [7, 11) is 1.58. The Morgan fingerprint density at radius 1 is 1.29 bits per heavy atom. The van der Waals surface area contributed by atoms with Crippen LogP contribution in [-0.4, -0.2) is 36.1 Å². The van der Waals surface area contributed by atoms with Gasteiger partial charge in [-0.2, -0.15) is 0 Å². The van der Waals surface area contributed by atoms with Crippen LogP contribution < -0.4 is 0 Å². The molecule has 0 aromatic rings. The second-order valence-electron chi connectivity index (χ2n) is 3.55. The fourth-order valence-electron chi connectivity index (χ4n) is 1.30. The van der Waals surface area contributed by atoms with Gasteiger partial charge in [-0.1, -0.05) is 19.3 Å². The molecule has 1 unspecified atom stereocenters. The number of aliphatic hydroxyl groups excluding tert-OH is 2. The molecule has 1 atom stereocenters. The zero-order valence-corrected chi connectivity index (χ0v) is 9.11. The molecule has 0 saturated heterocycles. The van der Waals surface area contributed by atoms with Crippen molar-refractivity contribution >= 4 is 0 Å². The van der Waals surface area contributed by atoms with Crippen LogP contribution in [0.25, 0.3) is 0 Å². The lowest BCUT2D eigenvalue weighted by Gasteiger charge is -2.19. The molecule has 4 nitrogen and oxygen atoms in total. The minimum Gasteiger partial charge on any atom is -0.394 e. The summed E-state index contributed by atoms with van der Waals surface area (Å²) < 4.78 is 0. The molecule has 1 fully saturated rings. The molecule has 1 aliphatic rings. The van der Waals surface area contributed by atoms with E-state index in [0.29, 0.717) is 6.10 Å². The van der Waals surface area contributed by atoms with Crippen LogP contribution in [0.3, 0.4) is 0 Å². The van der Waals surface area contributed by atoms with Gasteiger partial charge in [0.05, 0.1) is 25.9 Å². The third-order valence-corrected chi connectivity index (χ3v) is 2.05. The predicted octanol–water partition coefficient (Wildman–Crippen LogP) is 1.26. The monoisotopic (exact) mass is 206 g/mol. The molecule has 0 spiro atoms. The van der Waals surface area contributed by atoms with Crippen molar-refractivity contribution in [1.29, 1.82) is 0 Å². The summed E-state index contributed by atoms with van der Waals surface area (Å²) in [6.07, 6.45) is 6.13. The van der Waals surface area contributed by atoms with E-state index >= 15 is 0 Å². The fraction of sp³-hybridized carbons (Fsp3) is 1.00. The van der Waals surface area contributed by atoms with E-state index in [9.17, 15) is 0 Å². The van der Waals surface area contributed by atoms with Gasteiger partial charge in [0, 0.05) is 0 Å². The minimum absolute atomic E-state index is 0.139. The summed E-state index contributed by atoms with van der Waals surface area (Å²) >= 11 is 0. The van der Waals surface area contributed by atoms with Gasteiger partial charge in [-0.3, -0.25) is 0 Å². The number of aliphatic hydroxyl groups is 2.